The molecule has 0 radical (unpaired) electrons. The molecule has 0 bridgehead atoms. The van der Waals surface area contributed by atoms with Crippen LogP contribution in [0.1, 0.15) is 34.8 Å². The fraction of sp³-hybridized carbons (Fsp3) is 0.182. The minimum atomic E-state index is -0.746. The van der Waals surface area contributed by atoms with Crippen LogP contribution in [0.25, 0.3) is 10.8 Å². The fourth-order valence-electron chi connectivity index (χ4n) is 3.62. The van der Waals surface area contributed by atoms with E-state index >= 15 is 0 Å². The summed E-state index contributed by atoms with van der Waals surface area (Å²) >= 11 is 0. The van der Waals surface area contributed by atoms with Gasteiger partial charge in [-0.3, -0.25) is 24.5 Å². The zero-order chi connectivity index (χ0) is 21.3. The van der Waals surface area contributed by atoms with Gasteiger partial charge in [0.15, 0.2) is 0 Å². The molecule has 3 aromatic rings. The number of nitrogens with one attached hydrogen (secondary N) is 2. The molecule has 1 atom stereocenters. The molecule has 1 aromatic heterocycles. The summed E-state index contributed by atoms with van der Waals surface area (Å²) in [5, 5.41) is 5.93. The third-order valence-corrected chi connectivity index (χ3v) is 5.17. The van der Waals surface area contributed by atoms with Gasteiger partial charge in [-0.1, -0.05) is 24.3 Å². The first-order valence-electron chi connectivity index (χ1n) is 9.45. The molecule has 1 aliphatic heterocycles. The molecule has 2 heterocycles. The van der Waals surface area contributed by atoms with Gasteiger partial charge in [0.05, 0.1) is 5.56 Å². The number of carbonyl (C=O) groups excluding carboxylic acids is 3. The van der Waals surface area contributed by atoms with Crippen molar-refractivity contribution in [1.82, 2.24) is 15.2 Å². The van der Waals surface area contributed by atoms with E-state index < -0.39 is 23.7 Å². The van der Waals surface area contributed by atoms with Crippen molar-refractivity contribution in [3.8, 4) is 0 Å². The Labute approximate surface area is 170 Å². The molecule has 1 unspecified atom stereocenters. The number of carbonyl (C=O) groups is 3. The normalized spacial score (nSPS) is 16.4. The highest BCUT2D eigenvalue weighted by Crippen LogP contribution is 2.21. The first kappa shape index (κ1) is 19.5. The quantitative estimate of drug-likeness (QED) is 0.647. The van der Waals surface area contributed by atoms with Gasteiger partial charge in [-0.05, 0) is 41.6 Å². The maximum atomic E-state index is 13.8. The van der Waals surface area contributed by atoms with E-state index in [1.807, 2.05) is 0 Å². The molecule has 8 heteroatoms. The number of fused-ring (bicyclic) bond motifs is 1. The van der Waals surface area contributed by atoms with Crippen molar-refractivity contribution in [2.45, 2.75) is 25.4 Å². The predicted molar refractivity (Wildman–Crippen MR) is 107 cm³/mol. The lowest BCUT2D eigenvalue weighted by Gasteiger charge is -2.23. The maximum Gasteiger partial charge on any atom is 0.259 e. The zero-order valence-electron chi connectivity index (χ0n) is 15.9. The maximum absolute atomic E-state index is 13.8. The van der Waals surface area contributed by atoms with Gasteiger partial charge in [0, 0.05) is 24.5 Å². The van der Waals surface area contributed by atoms with Crippen LogP contribution in [-0.2, 0) is 16.1 Å². The van der Waals surface area contributed by atoms with Gasteiger partial charge in [0.1, 0.15) is 11.9 Å². The van der Waals surface area contributed by atoms with Crippen molar-refractivity contribution in [3.63, 3.8) is 0 Å². The van der Waals surface area contributed by atoms with E-state index in [1.54, 1.807) is 30.3 Å². The van der Waals surface area contributed by atoms with Crippen LogP contribution < -0.4 is 16.2 Å². The van der Waals surface area contributed by atoms with Crippen LogP contribution in [0.15, 0.2) is 59.5 Å². The minimum Gasteiger partial charge on any atom is -0.348 e. The molecular weight excluding hydrogens is 389 g/mol. The second kappa shape index (κ2) is 7.90. The summed E-state index contributed by atoms with van der Waals surface area (Å²) in [6.45, 7) is 0.104. The molecule has 0 spiro atoms. The number of piperidine rings is 1. The summed E-state index contributed by atoms with van der Waals surface area (Å²) in [6.07, 6.45) is 1.95. The number of rotatable bonds is 4. The Hall–Kier alpha value is -3.81. The van der Waals surface area contributed by atoms with E-state index in [0.29, 0.717) is 16.3 Å². The summed E-state index contributed by atoms with van der Waals surface area (Å²) in [5.41, 5.74) is 0.270. The predicted octanol–water partition coefficient (Wildman–Crippen LogP) is 2.05. The zero-order valence-corrected chi connectivity index (χ0v) is 15.9. The van der Waals surface area contributed by atoms with E-state index in [4.69, 9.17) is 0 Å². The lowest BCUT2D eigenvalue weighted by molar-refractivity contribution is -0.135. The second-order valence-electron chi connectivity index (χ2n) is 7.04. The van der Waals surface area contributed by atoms with Gasteiger partial charge in [0.2, 0.25) is 11.8 Å². The summed E-state index contributed by atoms with van der Waals surface area (Å²) in [6, 6.07) is 11.7. The molecule has 30 heavy (non-hydrogen) atoms. The molecule has 2 N–H and O–H groups in total. The van der Waals surface area contributed by atoms with E-state index in [0.717, 1.165) is 0 Å². The average Bonchev–Trinajstić information content (AvgIpc) is 2.73. The topological polar surface area (TPSA) is 97.3 Å². The van der Waals surface area contributed by atoms with Crippen molar-refractivity contribution >= 4 is 28.5 Å². The highest BCUT2D eigenvalue weighted by Gasteiger charge is 2.28. The lowest BCUT2D eigenvalue weighted by atomic mass is 10.0. The van der Waals surface area contributed by atoms with E-state index in [9.17, 15) is 23.6 Å². The molecule has 1 aliphatic rings. The molecular formula is C22H18FN3O4. The second-order valence-corrected chi connectivity index (χ2v) is 7.04. The SMILES string of the molecule is O=C1CCC(n2ccc3c(CNC(=O)c4ccccc4F)cccc3c2=O)C(=O)N1. The molecule has 1 saturated heterocycles. The van der Waals surface area contributed by atoms with Gasteiger partial charge in [-0.2, -0.15) is 0 Å². The number of pyridine rings is 1. The van der Waals surface area contributed by atoms with Crippen molar-refractivity contribution < 1.29 is 18.8 Å². The average molecular weight is 407 g/mol. The smallest absolute Gasteiger partial charge is 0.259 e. The molecule has 4 rings (SSSR count). The Morgan fingerprint density at radius 3 is 2.63 bits per heavy atom. The summed E-state index contributed by atoms with van der Waals surface area (Å²) in [7, 11) is 0. The van der Waals surface area contributed by atoms with Crippen LogP contribution in [0.4, 0.5) is 4.39 Å². The van der Waals surface area contributed by atoms with Crippen LogP contribution in [0.3, 0.4) is 0 Å². The number of amides is 3. The van der Waals surface area contributed by atoms with Crippen LogP contribution in [0.5, 0.6) is 0 Å². The highest BCUT2D eigenvalue weighted by atomic mass is 19.1. The van der Waals surface area contributed by atoms with Gasteiger partial charge in [-0.15, -0.1) is 0 Å². The third kappa shape index (κ3) is 3.59. The Kier molecular flexibility index (Phi) is 5.14. The molecule has 152 valence electrons. The number of halogens is 1. The summed E-state index contributed by atoms with van der Waals surface area (Å²) in [4.78, 5) is 48.7. The van der Waals surface area contributed by atoms with Crippen LogP contribution in [-0.4, -0.2) is 22.3 Å². The van der Waals surface area contributed by atoms with Gasteiger partial charge in [-0.25, -0.2) is 4.39 Å². The largest absolute Gasteiger partial charge is 0.348 e. The van der Waals surface area contributed by atoms with Gasteiger partial charge < -0.3 is 9.88 Å². The first-order chi connectivity index (χ1) is 14.5. The molecule has 2 aromatic carbocycles. The number of hydrogen-bond acceptors (Lipinski definition) is 4. The van der Waals surface area contributed by atoms with Gasteiger partial charge >= 0.3 is 0 Å². The van der Waals surface area contributed by atoms with E-state index in [1.165, 1.54) is 29.0 Å². The van der Waals surface area contributed by atoms with Crippen molar-refractivity contribution in [2.24, 2.45) is 0 Å². The van der Waals surface area contributed by atoms with Crippen LogP contribution >= 0.6 is 0 Å². The highest BCUT2D eigenvalue weighted by molar-refractivity contribution is 5.99. The fourth-order valence-corrected chi connectivity index (χ4v) is 3.62. The molecule has 3 amide bonds. The monoisotopic (exact) mass is 407 g/mol. The Morgan fingerprint density at radius 2 is 1.87 bits per heavy atom. The third-order valence-electron chi connectivity index (χ3n) is 5.17. The number of benzene rings is 2. The number of hydrogen-bond donors (Lipinski definition) is 2. The number of imide groups is 1. The van der Waals surface area contributed by atoms with Gasteiger partial charge in [0.25, 0.3) is 11.5 Å². The van der Waals surface area contributed by atoms with Crippen LogP contribution in [0.2, 0.25) is 0 Å². The standard InChI is InChI=1S/C22H18FN3O4/c23-17-7-2-1-5-16(17)20(28)24-12-13-4-3-6-15-14(13)10-11-26(22(15)30)18-8-9-19(27)25-21(18)29/h1-7,10-11,18H,8-9,12H2,(H,24,28)(H,25,27,29). The minimum absolute atomic E-state index is 0.0575. The van der Waals surface area contributed by atoms with E-state index in [-0.39, 0.29) is 36.4 Å². The Bertz CT molecular complexity index is 1230. The molecule has 0 aliphatic carbocycles. The summed E-state index contributed by atoms with van der Waals surface area (Å²) in [5.74, 6) is -2.01. The van der Waals surface area contributed by atoms with Crippen molar-refractivity contribution in [2.75, 3.05) is 0 Å². The summed E-state index contributed by atoms with van der Waals surface area (Å²) < 4.78 is 15.1. The molecule has 1 fully saturated rings. The van der Waals surface area contributed by atoms with Crippen molar-refractivity contribution in [3.05, 3.63) is 82.0 Å². The van der Waals surface area contributed by atoms with E-state index in [2.05, 4.69) is 10.6 Å². The number of nitrogens with zero attached hydrogens (tertiary/aromatic N) is 1. The van der Waals surface area contributed by atoms with Crippen molar-refractivity contribution in [1.29, 1.82) is 0 Å². The van der Waals surface area contributed by atoms with Crippen LogP contribution in [0, 0.1) is 5.82 Å². The number of aromatic nitrogens is 1. The Morgan fingerprint density at radius 1 is 1.07 bits per heavy atom. The molecule has 7 nitrogen and oxygen atoms in total. The Balaban J connectivity index is 1.62. The first-order valence-corrected chi connectivity index (χ1v) is 9.45. The lowest BCUT2D eigenvalue weighted by Crippen LogP contribution is -2.44. The molecule has 0 saturated carbocycles.